The lowest BCUT2D eigenvalue weighted by atomic mass is 10.1. The zero-order valence-electron chi connectivity index (χ0n) is 15.7. The molecule has 2 N–H and O–H groups in total. The Morgan fingerprint density at radius 3 is 2.32 bits per heavy atom. The highest BCUT2D eigenvalue weighted by atomic mass is 79.9. The second kappa shape index (κ2) is 9.17. The number of carbonyl (C=O) groups excluding carboxylic acids is 2. The van der Waals surface area contributed by atoms with Gasteiger partial charge in [0.05, 0.1) is 5.56 Å². The molecule has 0 spiro atoms. The maximum absolute atomic E-state index is 12.8. The van der Waals surface area contributed by atoms with Crippen molar-refractivity contribution >= 4 is 39.1 Å². The van der Waals surface area contributed by atoms with Crippen LogP contribution in [0, 0.1) is 0 Å². The number of hydrogen-bond acceptors (Lipinski definition) is 3. The summed E-state index contributed by atoms with van der Waals surface area (Å²) in [5.41, 5.74) is -0.815. The molecule has 1 aromatic heterocycles. The number of nitrogens with one attached hydrogen (secondary N) is 2. The van der Waals surface area contributed by atoms with Gasteiger partial charge in [-0.2, -0.15) is 13.2 Å². The first-order valence-corrected chi connectivity index (χ1v) is 9.65. The van der Waals surface area contributed by atoms with Gasteiger partial charge in [-0.3, -0.25) is 14.4 Å². The van der Waals surface area contributed by atoms with Crippen molar-refractivity contribution in [3.63, 3.8) is 0 Å². The maximum atomic E-state index is 12.8. The lowest BCUT2D eigenvalue weighted by Gasteiger charge is -2.11. The fourth-order valence-corrected chi connectivity index (χ4v) is 3.08. The summed E-state index contributed by atoms with van der Waals surface area (Å²) in [7, 11) is 0. The molecule has 0 fully saturated rings. The molecule has 10 heteroatoms. The predicted octanol–water partition coefficient (Wildman–Crippen LogP) is 4.52. The molecule has 0 saturated heterocycles. The van der Waals surface area contributed by atoms with Gasteiger partial charge >= 0.3 is 6.18 Å². The summed E-state index contributed by atoms with van der Waals surface area (Å²) in [6, 6.07) is 13.0. The van der Waals surface area contributed by atoms with Crippen molar-refractivity contribution in [1.29, 1.82) is 0 Å². The van der Waals surface area contributed by atoms with Crippen LogP contribution in [-0.4, -0.2) is 16.4 Å². The van der Waals surface area contributed by atoms with Crippen LogP contribution in [0.15, 0.2) is 76.1 Å². The van der Waals surface area contributed by atoms with Crippen molar-refractivity contribution < 1.29 is 22.8 Å². The average Bonchev–Trinajstić information content (AvgIpc) is 2.70. The number of alkyl halides is 3. The molecule has 31 heavy (non-hydrogen) atoms. The van der Waals surface area contributed by atoms with E-state index in [1.807, 2.05) is 0 Å². The molecular formula is C21H15BrF3N3O3. The average molecular weight is 494 g/mol. The summed E-state index contributed by atoms with van der Waals surface area (Å²) in [5.74, 6) is -1.13. The van der Waals surface area contributed by atoms with Crippen molar-refractivity contribution in [2.24, 2.45) is 0 Å². The van der Waals surface area contributed by atoms with Crippen molar-refractivity contribution in [3.8, 4) is 0 Å². The van der Waals surface area contributed by atoms with E-state index in [9.17, 15) is 27.6 Å². The van der Waals surface area contributed by atoms with E-state index in [0.717, 1.165) is 12.1 Å². The fourth-order valence-electron chi connectivity index (χ4n) is 2.70. The predicted molar refractivity (Wildman–Crippen MR) is 113 cm³/mol. The van der Waals surface area contributed by atoms with E-state index in [-0.39, 0.29) is 23.4 Å². The van der Waals surface area contributed by atoms with Crippen molar-refractivity contribution in [1.82, 2.24) is 4.57 Å². The monoisotopic (exact) mass is 493 g/mol. The number of nitrogens with zero attached hydrogens (tertiary/aromatic N) is 1. The SMILES string of the molecule is O=C(Cn1cc(Br)ccc1=O)Nc1cccc(C(=O)Nc2cccc(C(F)(F)F)c2)c1. The molecule has 0 bridgehead atoms. The quantitative estimate of drug-likeness (QED) is 0.548. The van der Waals surface area contributed by atoms with Crippen LogP contribution in [0.2, 0.25) is 0 Å². The zero-order valence-corrected chi connectivity index (χ0v) is 17.3. The number of rotatable bonds is 5. The molecule has 6 nitrogen and oxygen atoms in total. The molecule has 0 unspecified atom stereocenters. The first-order valence-electron chi connectivity index (χ1n) is 8.86. The molecule has 160 valence electrons. The number of amides is 2. The third-order valence-electron chi connectivity index (χ3n) is 4.12. The van der Waals surface area contributed by atoms with Gasteiger partial charge in [0.1, 0.15) is 6.54 Å². The first kappa shape index (κ1) is 22.3. The van der Waals surface area contributed by atoms with Crippen LogP contribution >= 0.6 is 15.9 Å². The van der Waals surface area contributed by atoms with E-state index in [2.05, 4.69) is 26.6 Å². The summed E-state index contributed by atoms with van der Waals surface area (Å²) in [6.07, 6.45) is -3.05. The third kappa shape index (κ3) is 6.05. The minimum Gasteiger partial charge on any atom is -0.325 e. The van der Waals surface area contributed by atoms with E-state index < -0.39 is 23.6 Å². The summed E-state index contributed by atoms with van der Waals surface area (Å²) < 4.78 is 40.3. The fraction of sp³-hybridized carbons (Fsp3) is 0.0952. The van der Waals surface area contributed by atoms with Crippen molar-refractivity contribution in [2.75, 3.05) is 10.6 Å². The Morgan fingerprint density at radius 2 is 1.61 bits per heavy atom. The smallest absolute Gasteiger partial charge is 0.325 e. The van der Waals surface area contributed by atoms with E-state index in [0.29, 0.717) is 10.2 Å². The van der Waals surface area contributed by atoms with Crippen molar-refractivity contribution in [3.05, 3.63) is 92.8 Å². The van der Waals surface area contributed by atoms with Gasteiger partial charge in [-0.25, -0.2) is 0 Å². The molecular weight excluding hydrogens is 479 g/mol. The number of benzene rings is 2. The number of carbonyl (C=O) groups is 2. The highest BCUT2D eigenvalue weighted by molar-refractivity contribution is 9.10. The Balaban J connectivity index is 1.70. The van der Waals surface area contributed by atoms with Crippen LogP contribution in [0.3, 0.4) is 0 Å². The number of anilines is 2. The second-order valence-electron chi connectivity index (χ2n) is 6.48. The number of pyridine rings is 1. The third-order valence-corrected chi connectivity index (χ3v) is 4.59. The minimum absolute atomic E-state index is 0.0108. The summed E-state index contributed by atoms with van der Waals surface area (Å²) in [4.78, 5) is 36.5. The van der Waals surface area contributed by atoms with Crippen LogP contribution in [-0.2, 0) is 17.5 Å². The highest BCUT2D eigenvalue weighted by Gasteiger charge is 2.30. The zero-order chi connectivity index (χ0) is 22.6. The maximum Gasteiger partial charge on any atom is 0.416 e. The van der Waals surface area contributed by atoms with Gasteiger partial charge in [0, 0.05) is 33.7 Å². The molecule has 2 aromatic carbocycles. The molecule has 1 heterocycles. The summed E-state index contributed by atoms with van der Waals surface area (Å²) in [6.45, 7) is -0.237. The molecule has 0 aliphatic carbocycles. The highest BCUT2D eigenvalue weighted by Crippen LogP contribution is 2.30. The molecule has 0 aliphatic heterocycles. The minimum atomic E-state index is -4.53. The Morgan fingerprint density at radius 1 is 0.935 bits per heavy atom. The molecule has 3 aromatic rings. The summed E-state index contributed by atoms with van der Waals surface area (Å²) >= 11 is 3.22. The van der Waals surface area contributed by atoms with Gasteiger partial charge < -0.3 is 15.2 Å². The van der Waals surface area contributed by atoms with E-state index in [4.69, 9.17) is 0 Å². The lowest BCUT2D eigenvalue weighted by Crippen LogP contribution is -2.26. The largest absolute Gasteiger partial charge is 0.416 e. The Hall–Kier alpha value is -3.40. The van der Waals surface area contributed by atoms with Crippen LogP contribution in [0.5, 0.6) is 0 Å². The molecule has 3 rings (SSSR count). The van der Waals surface area contributed by atoms with Gasteiger partial charge in [-0.15, -0.1) is 0 Å². The number of halogens is 4. The van der Waals surface area contributed by atoms with Crippen LogP contribution < -0.4 is 16.2 Å². The number of aromatic nitrogens is 1. The van der Waals surface area contributed by atoms with Crippen LogP contribution in [0.4, 0.5) is 24.5 Å². The van der Waals surface area contributed by atoms with Gasteiger partial charge in [0.25, 0.3) is 11.5 Å². The normalized spacial score (nSPS) is 11.1. The van der Waals surface area contributed by atoms with Gasteiger partial charge in [-0.1, -0.05) is 12.1 Å². The van der Waals surface area contributed by atoms with E-state index in [1.54, 1.807) is 12.1 Å². The number of hydrogen-bond donors (Lipinski definition) is 2. The Labute approximate surface area is 182 Å². The Bertz CT molecular complexity index is 1190. The van der Waals surface area contributed by atoms with Gasteiger partial charge in [-0.05, 0) is 58.4 Å². The van der Waals surface area contributed by atoms with Gasteiger partial charge in [0.2, 0.25) is 5.91 Å². The topological polar surface area (TPSA) is 80.2 Å². The summed E-state index contributed by atoms with van der Waals surface area (Å²) in [5, 5.41) is 4.98. The molecule has 2 amide bonds. The molecule has 0 radical (unpaired) electrons. The van der Waals surface area contributed by atoms with Crippen LogP contribution in [0.25, 0.3) is 0 Å². The van der Waals surface area contributed by atoms with Gasteiger partial charge in [0.15, 0.2) is 0 Å². The molecule has 0 atom stereocenters. The van der Waals surface area contributed by atoms with Crippen LogP contribution in [0.1, 0.15) is 15.9 Å². The first-order chi connectivity index (χ1) is 14.6. The lowest BCUT2D eigenvalue weighted by molar-refractivity contribution is -0.137. The van der Waals surface area contributed by atoms with Crippen molar-refractivity contribution in [2.45, 2.75) is 12.7 Å². The Kier molecular flexibility index (Phi) is 6.59. The van der Waals surface area contributed by atoms with E-state index in [1.165, 1.54) is 47.2 Å². The molecule has 0 saturated carbocycles. The second-order valence-corrected chi connectivity index (χ2v) is 7.39. The standard InChI is InChI=1S/C21H15BrF3N3O3/c22-15-7-8-19(30)28(11-15)12-18(29)26-16-5-1-3-13(9-16)20(31)27-17-6-2-4-14(10-17)21(23,24)25/h1-11H,12H2,(H,26,29)(H,27,31). The molecule has 0 aliphatic rings. The van der Waals surface area contributed by atoms with E-state index >= 15 is 0 Å².